The molecule has 0 saturated carbocycles. The number of carboxylic acids is 1. The fourth-order valence-electron chi connectivity index (χ4n) is 1.58. The number of aromatic amines is 1. The van der Waals surface area contributed by atoms with Gasteiger partial charge in [0.05, 0.1) is 12.1 Å². The molecule has 1 aromatic heterocycles. The van der Waals surface area contributed by atoms with Crippen LogP contribution in [0, 0.1) is 5.82 Å². The molecule has 20 heavy (non-hydrogen) atoms. The van der Waals surface area contributed by atoms with Crippen molar-refractivity contribution < 1.29 is 19.0 Å². The summed E-state index contributed by atoms with van der Waals surface area (Å²) in [6.07, 6.45) is -0.364. The zero-order valence-electron chi connectivity index (χ0n) is 10.3. The molecule has 0 atom stereocenters. The number of hydrogen-bond donors (Lipinski definition) is 2. The number of hydrogen-bond acceptors (Lipinski definition) is 4. The molecular formula is C13H11FN2O4. The Hall–Kier alpha value is -2.70. The summed E-state index contributed by atoms with van der Waals surface area (Å²) in [4.78, 5) is 28.3. The van der Waals surface area contributed by atoms with Crippen molar-refractivity contribution in [3.63, 3.8) is 0 Å². The number of aromatic nitrogens is 2. The molecular weight excluding hydrogens is 267 g/mol. The Labute approximate surface area is 112 Å². The molecule has 6 nitrogen and oxygen atoms in total. The zero-order chi connectivity index (χ0) is 14.5. The predicted molar refractivity (Wildman–Crippen MR) is 66.9 cm³/mol. The number of nitrogens with zero attached hydrogens (tertiary/aromatic N) is 1. The average molecular weight is 278 g/mol. The number of rotatable bonds is 5. The second kappa shape index (κ2) is 5.96. The van der Waals surface area contributed by atoms with Crippen molar-refractivity contribution in [2.45, 2.75) is 13.0 Å². The Kier molecular flexibility index (Phi) is 4.09. The van der Waals surface area contributed by atoms with Gasteiger partial charge in [-0.2, -0.15) is 0 Å². The number of aliphatic carboxylic acids is 1. The van der Waals surface area contributed by atoms with Crippen LogP contribution in [0.25, 0.3) is 0 Å². The van der Waals surface area contributed by atoms with Gasteiger partial charge in [-0.15, -0.1) is 0 Å². The molecule has 1 heterocycles. The van der Waals surface area contributed by atoms with Crippen molar-refractivity contribution in [1.29, 1.82) is 0 Å². The summed E-state index contributed by atoms with van der Waals surface area (Å²) >= 11 is 0. The third kappa shape index (κ3) is 3.64. The summed E-state index contributed by atoms with van der Waals surface area (Å²) in [6, 6.07) is 6.91. The molecule has 1 aromatic carbocycles. The minimum atomic E-state index is -1.09. The summed E-state index contributed by atoms with van der Waals surface area (Å²) in [7, 11) is 0. The fourth-order valence-corrected chi connectivity index (χ4v) is 1.58. The van der Waals surface area contributed by atoms with Gasteiger partial charge in [0.2, 0.25) is 0 Å². The summed E-state index contributed by atoms with van der Waals surface area (Å²) in [5.74, 6) is -1.46. The third-order valence-electron chi connectivity index (χ3n) is 2.38. The number of carbonyl (C=O) groups is 1. The minimum Gasteiger partial charge on any atom is -0.483 e. The highest BCUT2D eigenvalue weighted by atomic mass is 19.1. The molecule has 0 bridgehead atoms. The lowest BCUT2D eigenvalue weighted by atomic mass is 10.3. The summed E-state index contributed by atoms with van der Waals surface area (Å²) in [5.41, 5.74) is -0.364. The second-order valence-electron chi connectivity index (χ2n) is 3.97. The number of benzene rings is 1. The lowest BCUT2D eigenvalue weighted by molar-refractivity contribution is -0.136. The van der Waals surface area contributed by atoms with Gasteiger partial charge >= 0.3 is 5.97 Å². The van der Waals surface area contributed by atoms with Gasteiger partial charge in [-0.25, -0.2) is 9.37 Å². The van der Waals surface area contributed by atoms with Gasteiger partial charge in [0, 0.05) is 6.07 Å². The first-order chi connectivity index (χ1) is 9.54. The van der Waals surface area contributed by atoms with Crippen molar-refractivity contribution in [2.24, 2.45) is 0 Å². The van der Waals surface area contributed by atoms with Crippen molar-refractivity contribution in [3.8, 4) is 5.75 Å². The van der Waals surface area contributed by atoms with Crippen LogP contribution >= 0.6 is 0 Å². The van der Waals surface area contributed by atoms with Gasteiger partial charge in [-0.1, -0.05) is 12.1 Å². The van der Waals surface area contributed by atoms with Crippen molar-refractivity contribution in [1.82, 2.24) is 9.97 Å². The Morgan fingerprint density at radius 2 is 2.15 bits per heavy atom. The normalized spacial score (nSPS) is 10.2. The number of H-pyrrole nitrogens is 1. The smallest absolute Gasteiger partial charge is 0.309 e. The van der Waals surface area contributed by atoms with Crippen LogP contribution in [0.3, 0.4) is 0 Å². The summed E-state index contributed by atoms with van der Waals surface area (Å²) in [6.45, 7) is -0.163. The highest BCUT2D eigenvalue weighted by Crippen LogP contribution is 2.16. The van der Waals surface area contributed by atoms with E-state index in [0.717, 1.165) is 6.07 Å². The molecule has 2 rings (SSSR count). The van der Waals surface area contributed by atoms with Crippen LogP contribution in [0.1, 0.15) is 11.5 Å². The Morgan fingerprint density at radius 3 is 2.85 bits per heavy atom. The van der Waals surface area contributed by atoms with Gasteiger partial charge in [-0.05, 0) is 12.1 Å². The highest BCUT2D eigenvalue weighted by Gasteiger charge is 2.07. The van der Waals surface area contributed by atoms with Crippen LogP contribution in [0.4, 0.5) is 4.39 Å². The first-order valence-electron chi connectivity index (χ1n) is 5.73. The van der Waals surface area contributed by atoms with E-state index in [1.54, 1.807) is 6.07 Å². The molecule has 0 spiro atoms. The van der Waals surface area contributed by atoms with E-state index in [1.165, 1.54) is 18.2 Å². The van der Waals surface area contributed by atoms with Gasteiger partial charge in [0.25, 0.3) is 5.56 Å². The quantitative estimate of drug-likeness (QED) is 0.854. The Morgan fingerprint density at radius 1 is 1.40 bits per heavy atom. The molecule has 0 radical (unpaired) electrons. The van der Waals surface area contributed by atoms with E-state index >= 15 is 0 Å². The van der Waals surface area contributed by atoms with Crippen LogP contribution in [-0.4, -0.2) is 21.0 Å². The molecule has 0 aliphatic carbocycles. The van der Waals surface area contributed by atoms with Gasteiger partial charge in [0.1, 0.15) is 12.4 Å². The number of carboxylic acid groups (broad SMARTS) is 1. The molecule has 0 aliphatic heterocycles. The topological polar surface area (TPSA) is 92.3 Å². The SMILES string of the molecule is O=C(O)Cc1cc(=O)[nH]c(COc2ccccc2F)n1. The lowest BCUT2D eigenvalue weighted by Gasteiger charge is -2.07. The van der Waals surface area contributed by atoms with Crippen LogP contribution in [0.15, 0.2) is 35.1 Å². The minimum absolute atomic E-state index is 0.0267. The van der Waals surface area contributed by atoms with E-state index in [-0.39, 0.29) is 30.3 Å². The van der Waals surface area contributed by atoms with E-state index in [4.69, 9.17) is 9.84 Å². The van der Waals surface area contributed by atoms with Crippen molar-refractivity contribution >= 4 is 5.97 Å². The number of ether oxygens (including phenoxy) is 1. The Bertz CT molecular complexity index is 684. The fraction of sp³-hybridized carbons (Fsp3) is 0.154. The van der Waals surface area contributed by atoms with Crippen LogP contribution in [0.2, 0.25) is 0 Å². The van der Waals surface area contributed by atoms with E-state index < -0.39 is 17.3 Å². The second-order valence-corrected chi connectivity index (χ2v) is 3.97. The van der Waals surface area contributed by atoms with Crippen molar-refractivity contribution in [3.05, 3.63) is 58.0 Å². The first kappa shape index (κ1) is 13.7. The van der Waals surface area contributed by atoms with E-state index in [1.807, 2.05) is 0 Å². The average Bonchev–Trinajstić information content (AvgIpc) is 2.36. The summed E-state index contributed by atoms with van der Waals surface area (Å²) in [5, 5.41) is 8.66. The van der Waals surface area contributed by atoms with E-state index in [2.05, 4.69) is 9.97 Å². The third-order valence-corrected chi connectivity index (χ3v) is 2.38. The maximum Gasteiger partial charge on any atom is 0.309 e. The van der Waals surface area contributed by atoms with Gasteiger partial charge < -0.3 is 14.8 Å². The monoisotopic (exact) mass is 278 g/mol. The van der Waals surface area contributed by atoms with Crippen LogP contribution in [0.5, 0.6) is 5.75 Å². The van der Waals surface area contributed by atoms with Crippen molar-refractivity contribution in [2.75, 3.05) is 0 Å². The molecule has 2 aromatic rings. The lowest BCUT2D eigenvalue weighted by Crippen LogP contribution is -2.16. The first-order valence-corrected chi connectivity index (χ1v) is 5.73. The molecule has 7 heteroatoms. The van der Waals surface area contributed by atoms with Gasteiger partial charge in [-0.3, -0.25) is 9.59 Å². The zero-order valence-corrected chi connectivity index (χ0v) is 10.3. The molecule has 0 amide bonds. The van der Waals surface area contributed by atoms with E-state index in [0.29, 0.717) is 0 Å². The molecule has 0 unspecified atom stereocenters. The molecule has 104 valence electrons. The van der Waals surface area contributed by atoms with Crippen LogP contribution in [-0.2, 0) is 17.8 Å². The van der Waals surface area contributed by atoms with E-state index in [9.17, 15) is 14.0 Å². The standard InChI is InChI=1S/C13H11FN2O4/c14-9-3-1-2-4-10(9)20-7-11-15-8(6-13(18)19)5-12(17)16-11/h1-5H,6-7H2,(H,18,19)(H,15,16,17). The molecule has 0 fully saturated rings. The summed E-state index contributed by atoms with van der Waals surface area (Å²) < 4.78 is 18.5. The largest absolute Gasteiger partial charge is 0.483 e. The molecule has 0 aliphatic rings. The van der Waals surface area contributed by atoms with Crippen LogP contribution < -0.4 is 10.3 Å². The predicted octanol–water partition coefficient (Wildman–Crippen LogP) is 1.12. The maximum absolute atomic E-state index is 13.3. The van der Waals surface area contributed by atoms with Gasteiger partial charge in [0.15, 0.2) is 11.6 Å². The highest BCUT2D eigenvalue weighted by molar-refractivity contribution is 5.69. The number of para-hydroxylation sites is 1. The molecule has 2 N–H and O–H groups in total. The Balaban J connectivity index is 2.13. The molecule has 0 saturated heterocycles. The number of nitrogens with one attached hydrogen (secondary N) is 1. The maximum atomic E-state index is 13.3. The number of halogens is 1.